The lowest BCUT2D eigenvalue weighted by Crippen LogP contribution is -2.47. The second kappa shape index (κ2) is 8.52. The lowest BCUT2D eigenvalue weighted by molar-refractivity contribution is -0.120. The van der Waals surface area contributed by atoms with Gasteiger partial charge in [-0.25, -0.2) is 4.79 Å². The van der Waals surface area contributed by atoms with Crippen molar-refractivity contribution in [1.29, 1.82) is 0 Å². The number of carbonyl (C=O) groups is 2. The fraction of sp³-hybridized carbons (Fsp3) is 0.227. The van der Waals surface area contributed by atoms with Gasteiger partial charge in [-0.05, 0) is 37.6 Å². The monoisotopic (exact) mass is 378 g/mol. The van der Waals surface area contributed by atoms with Gasteiger partial charge in [0.15, 0.2) is 0 Å². The molecule has 1 aromatic heterocycles. The summed E-state index contributed by atoms with van der Waals surface area (Å²) >= 11 is 0. The third kappa shape index (κ3) is 4.11. The highest BCUT2D eigenvalue weighted by Gasteiger charge is 2.28. The minimum atomic E-state index is -0.751. The number of hydrogen-bond acceptors (Lipinski definition) is 4. The zero-order valence-electron chi connectivity index (χ0n) is 15.8. The summed E-state index contributed by atoms with van der Waals surface area (Å²) in [6.45, 7) is 3.90. The molecule has 0 saturated heterocycles. The summed E-state index contributed by atoms with van der Waals surface area (Å²) in [5.74, 6) is -0.838. The van der Waals surface area contributed by atoms with Crippen LogP contribution in [0.1, 0.15) is 30.6 Å². The van der Waals surface area contributed by atoms with Crippen molar-refractivity contribution in [3.63, 3.8) is 0 Å². The van der Waals surface area contributed by atoms with Crippen LogP contribution in [0.2, 0.25) is 0 Å². The molecule has 0 bridgehead atoms. The third-order valence-electron chi connectivity index (χ3n) is 4.49. The number of amides is 2. The molecule has 1 atom stereocenters. The number of hydrogen-bond donors (Lipinski definition) is 1. The molecule has 2 amide bonds. The zero-order chi connectivity index (χ0) is 20.1. The van der Waals surface area contributed by atoms with E-state index in [2.05, 4.69) is 5.32 Å². The maximum atomic E-state index is 13.1. The predicted octanol–water partition coefficient (Wildman–Crippen LogP) is 3.67. The number of anilines is 1. The van der Waals surface area contributed by atoms with Gasteiger partial charge in [0.2, 0.25) is 5.91 Å². The first kappa shape index (κ1) is 19.4. The summed E-state index contributed by atoms with van der Waals surface area (Å²) in [6.07, 6.45) is 0.646. The highest BCUT2D eigenvalue weighted by molar-refractivity contribution is 6.01. The fourth-order valence-corrected chi connectivity index (χ4v) is 2.99. The highest BCUT2D eigenvalue weighted by atomic mass is 16.4. The molecule has 0 aliphatic rings. The summed E-state index contributed by atoms with van der Waals surface area (Å²) < 4.78 is 5.27. The summed E-state index contributed by atoms with van der Waals surface area (Å²) in [6, 6.07) is 16.8. The SMILES string of the molecule is CCCN(C(=O)c1cc2ccccc2oc1=O)C(C)C(=O)Nc1ccccc1. The van der Waals surface area contributed by atoms with Crippen LogP contribution < -0.4 is 10.9 Å². The molecular formula is C22H22N2O4. The molecule has 0 spiro atoms. The molecule has 6 heteroatoms. The molecule has 0 aliphatic carbocycles. The van der Waals surface area contributed by atoms with Crippen LogP contribution in [0, 0.1) is 0 Å². The van der Waals surface area contributed by atoms with E-state index < -0.39 is 17.6 Å². The number of fused-ring (bicyclic) bond motifs is 1. The Balaban J connectivity index is 1.88. The first-order valence-corrected chi connectivity index (χ1v) is 9.21. The van der Waals surface area contributed by atoms with Crippen LogP contribution in [0.4, 0.5) is 5.69 Å². The fourth-order valence-electron chi connectivity index (χ4n) is 2.99. The summed E-state index contributed by atoms with van der Waals surface area (Å²) in [4.78, 5) is 39.5. The lowest BCUT2D eigenvalue weighted by atomic mass is 10.1. The number of nitrogens with one attached hydrogen (secondary N) is 1. The van der Waals surface area contributed by atoms with Crippen LogP contribution in [-0.4, -0.2) is 29.3 Å². The van der Waals surface area contributed by atoms with Crippen LogP contribution in [0.25, 0.3) is 11.0 Å². The van der Waals surface area contributed by atoms with Crippen molar-refractivity contribution in [2.24, 2.45) is 0 Å². The van der Waals surface area contributed by atoms with E-state index in [1.54, 1.807) is 43.3 Å². The molecule has 144 valence electrons. The van der Waals surface area contributed by atoms with E-state index in [4.69, 9.17) is 4.42 Å². The Labute approximate surface area is 162 Å². The molecule has 0 radical (unpaired) electrons. The van der Waals surface area contributed by atoms with Crippen LogP contribution in [0.5, 0.6) is 0 Å². The number of para-hydroxylation sites is 2. The van der Waals surface area contributed by atoms with Crippen molar-refractivity contribution in [1.82, 2.24) is 4.90 Å². The Morgan fingerprint density at radius 1 is 1.07 bits per heavy atom. The number of nitrogens with zero attached hydrogens (tertiary/aromatic N) is 1. The molecule has 6 nitrogen and oxygen atoms in total. The third-order valence-corrected chi connectivity index (χ3v) is 4.49. The average molecular weight is 378 g/mol. The van der Waals surface area contributed by atoms with Crippen molar-refractivity contribution in [3.8, 4) is 0 Å². The second-order valence-corrected chi connectivity index (χ2v) is 6.52. The van der Waals surface area contributed by atoms with Crippen molar-refractivity contribution >= 4 is 28.5 Å². The van der Waals surface area contributed by atoms with Gasteiger partial charge in [-0.1, -0.05) is 43.3 Å². The van der Waals surface area contributed by atoms with E-state index in [-0.39, 0.29) is 11.5 Å². The molecule has 0 fully saturated rings. The van der Waals surface area contributed by atoms with Gasteiger partial charge in [-0.15, -0.1) is 0 Å². The normalized spacial score (nSPS) is 11.8. The number of carbonyl (C=O) groups excluding carboxylic acids is 2. The van der Waals surface area contributed by atoms with Crippen LogP contribution >= 0.6 is 0 Å². The molecule has 2 aromatic carbocycles. The predicted molar refractivity (Wildman–Crippen MR) is 108 cm³/mol. The first-order chi connectivity index (χ1) is 13.5. The Bertz CT molecular complexity index is 1040. The smallest absolute Gasteiger partial charge is 0.349 e. The summed E-state index contributed by atoms with van der Waals surface area (Å²) in [7, 11) is 0. The largest absolute Gasteiger partial charge is 0.422 e. The van der Waals surface area contributed by atoms with Gasteiger partial charge in [-0.2, -0.15) is 0 Å². The van der Waals surface area contributed by atoms with Crippen molar-refractivity contribution < 1.29 is 14.0 Å². The van der Waals surface area contributed by atoms with E-state index in [0.29, 0.717) is 29.6 Å². The molecule has 3 aromatic rings. The minimum Gasteiger partial charge on any atom is -0.422 e. The van der Waals surface area contributed by atoms with Crippen molar-refractivity contribution in [2.45, 2.75) is 26.3 Å². The molecule has 1 unspecified atom stereocenters. The van der Waals surface area contributed by atoms with Gasteiger partial charge in [0.05, 0.1) is 0 Å². The standard InChI is InChI=1S/C22H22N2O4/c1-3-13-24(15(2)20(25)23-17-10-5-4-6-11-17)21(26)18-14-16-9-7-8-12-19(16)28-22(18)27/h4-12,14-15H,3,13H2,1-2H3,(H,23,25). The van der Waals surface area contributed by atoms with Crippen LogP contribution in [0.3, 0.4) is 0 Å². The number of rotatable bonds is 6. The van der Waals surface area contributed by atoms with Crippen LogP contribution in [0.15, 0.2) is 69.9 Å². The zero-order valence-corrected chi connectivity index (χ0v) is 15.8. The Kier molecular flexibility index (Phi) is 5.89. The van der Waals surface area contributed by atoms with Gasteiger partial charge in [-0.3, -0.25) is 9.59 Å². The van der Waals surface area contributed by atoms with E-state index in [1.165, 1.54) is 11.0 Å². The van der Waals surface area contributed by atoms with Gasteiger partial charge in [0, 0.05) is 17.6 Å². The van der Waals surface area contributed by atoms with Gasteiger partial charge >= 0.3 is 5.63 Å². The molecule has 28 heavy (non-hydrogen) atoms. The van der Waals surface area contributed by atoms with Gasteiger partial charge < -0.3 is 14.6 Å². The highest BCUT2D eigenvalue weighted by Crippen LogP contribution is 2.16. The topological polar surface area (TPSA) is 79.6 Å². The van der Waals surface area contributed by atoms with Gasteiger partial charge in [0.1, 0.15) is 17.2 Å². The second-order valence-electron chi connectivity index (χ2n) is 6.52. The maximum Gasteiger partial charge on any atom is 0.349 e. The van der Waals surface area contributed by atoms with E-state index in [1.807, 2.05) is 25.1 Å². The van der Waals surface area contributed by atoms with Crippen LogP contribution in [-0.2, 0) is 4.79 Å². The molecule has 1 N–H and O–H groups in total. The van der Waals surface area contributed by atoms with E-state index in [0.717, 1.165) is 0 Å². The number of benzene rings is 2. The average Bonchev–Trinajstić information content (AvgIpc) is 2.71. The van der Waals surface area contributed by atoms with Gasteiger partial charge in [0.25, 0.3) is 5.91 Å². The molecule has 3 rings (SSSR count). The lowest BCUT2D eigenvalue weighted by Gasteiger charge is -2.28. The Hall–Kier alpha value is -3.41. The molecular weight excluding hydrogens is 356 g/mol. The maximum absolute atomic E-state index is 13.1. The minimum absolute atomic E-state index is 0.0773. The summed E-state index contributed by atoms with van der Waals surface area (Å²) in [5.41, 5.74) is 0.279. The van der Waals surface area contributed by atoms with E-state index >= 15 is 0 Å². The first-order valence-electron chi connectivity index (χ1n) is 9.21. The van der Waals surface area contributed by atoms with Crippen molar-refractivity contribution in [2.75, 3.05) is 11.9 Å². The Morgan fingerprint density at radius 3 is 2.46 bits per heavy atom. The molecule has 1 heterocycles. The van der Waals surface area contributed by atoms with E-state index in [9.17, 15) is 14.4 Å². The summed E-state index contributed by atoms with van der Waals surface area (Å²) in [5, 5.41) is 3.45. The molecule has 0 saturated carbocycles. The molecule has 0 aliphatic heterocycles. The van der Waals surface area contributed by atoms with Crippen molar-refractivity contribution in [3.05, 3.63) is 76.6 Å². The Morgan fingerprint density at radius 2 is 1.75 bits per heavy atom. The quantitative estimate of drug-likeness (QED) is 0.664.